The number of aliphatic carboxylic acids is 1. The summed E-state index contributed by atoms with van der Waals surface area (Å²) in [5.41, 5.74) is 0. The van der Waals surface area contributed by atoms with Gasteiger partial charge in [0.25, 0.3) is 0 Å². The molecule has 1 rings (SSSR count). The smallest absolute Gasteiger partial charge is 0.333 e. The average molecular weight is 204 g/mol. The minimum absolute atomic E-state index is 0.0419. The molecule has 1 saturated heterocycles. The first-order chi connectivity index (χ1) is 6.49. The molecule has 14 heavy (non-hydrogen) atoms. The van der Waals surface area contributed by atoms with E-state index in [4.69, 9.17) is 14.6 Å². The highest BCUT2D eigenvalue weighted by molar-refractivity contribution is 5.72. The third-order valence-corrected chi connectivity index (χ3v) is 1.97. The molecule has 3 unspecified atom stereocenters. The Balaban J connectivity index is 2.49. The molecule has 3 atom stereocenters. The van der Waals surface area contributed by atoms with Gasteiger partial charge >= 0.3 is 5.97 Å². The second-order valence-electron chi connectivity index (χ2n) is 3.70. The third kappa shape index (κ3) is 3.25. The maximum absolute atomic E-state index is 10.6. The number of hydrogen-bond donors (Lipinski definition) is 2. The predicted molar refractivity (Wildman–Crippen MR) is 47.8 cm³/mol. The van der Waals surface area contributed by atoms with E-state index < -0.39 is 24.5 Å². The van der Waals surface area contributed by atoms with Gasteiger partial charge in [-0.15, -0.1) is 0 Å². The van der Waals surface area contributed by atoms with Crippen LogP contribution in [0.5, 0.6) is 0 Å². The van der Waals surface area contributed by atoms with E-state index in [2.05, 4.69) is 0 Å². The van der Waals surface area contributed by atoms with Crippen molar-refractivity contribution in [2.45, 2.75) is 51.3 Å². The lowest BCUT2D eigenvalue weighted by Gasteiger charge is -2.31. The van der Waals surface area contributed by atoms with Crippen LogP contribution in [-0.4, -0.2) is 40.8 Å². The van der Waals surface area contributed by atoms with Gasteiger partial charge in [0, 0.05) is 12.8 Å². The molecular formula is C9H16O5. The molecule has 0 spiro atoms. The Hall–Kier alpha value is -0.650. The quantitative estimate of drug-likeness (QED) is 0.694. The largest absolute Gasteiger partial charge is 0.479 e. The Morgan fingerprint density at radius 1 is 1.50 bits per heavy atom. The van der Waals surface area contributed by atoms with Crippen LogP contribution in [0.25, 0.3) is 0 Å². The highest BCUT2D eigenvalue weighted by Gasteiger charge is 2.33. The molecule has 0 aliphatic carbocycles. The third-order valence-electron chi connectivity index (χ3n) is 1.97. The molecule has 0 aromatic heterocycles. The minimum atomic E-state index is -1.05. The van der Waals surface area contributed by atoms with Gasteiger partial charge in [-0.3, -0.25) is 0 Å². The van der Waals surface area contributed by atoms with Crippen LogP contribution in [0, 0.1) is 0 Å². The molecule has 0 aromatic rings. The number of ether oxygens (including phenoxy) is 2. The van der Waals surface area contributed by atoms with Gasteiger partial charge in [0.05, 0.1) is 12.2 Å². The fourth-order valence-corrected chi connectivity index (χ4v) is 1.41. The summed E-state index contributed by atoms with van der Waals surface area (Å²) >= 11 is 0. The van der Waals surface area contributed by atoms with E-state index in [1.54, 1.807) is 0 Å². The van der Waals surface area contributed by atoms with Gasteiger partial charge in [0.2, 0.25) is 0 Å². The first kappa shape index (κ1) is 11.4. The van der Waals surface area contributed by atoms with Crippen LogP contribution in [0.2, 0.25) is 0 Å². The predicted octanol–water partition coefficient (Wildman–Crippen LogP) is 0.362. The van der Waals surface area contributed by atoms with Gasteiger partial charge < -0.3 is 19.7 Å². The van der Waals surface area contributed by atoms with Gasteiger partial charge in [-0.25, -0.2) is 4.79 Å². The molecule has 1 fully saturated rings. The lowest BCUT2D eigenvalue weighted by atomic mass is 10.1. The summed E-state index contributed by atoms with van der Waals surface area (Å²) in [6.07, 6.45) is -1.80. The summed E-state index contributed by atoms with van der Waals surface area (Å²) in [5, 5.41) is 18.1. The van der Waals surface area contributed by atoms with Gasteiger partial charge in [-0.1, -0.05) is 0 Å². The van der Waals surface area contributed by atoms with Crippen molar-refractivity contribution in [3.63, 3.8) is 0 Å². The molecule has 0 saturated carbocycles. The van der Waals surface area contributed by atoms with Crippen molar-refractivity contribution in [2.24, 2.45) is 0 Å². The van der Waals surface area contributed by atoms with Crippen LogP contribution in [-0.2, 0) is 14.3 Å². The zero-order valence-corrected chi connectivity index (χ0v) is 8.34. The molecule has 5 heteroatoms. The molecule has 5 nitrogen and oxygen atoms in total. The maximum atomic E-state index is 10.6. The second-order valence-corrected chi connectivity index (χ2v) is 3.70. The average Bonchev–Trinajstić information content (AvgIpc) is 2.01. The number of carbonyl (C=O) groups is 1. The SMILES string of the molecule is CC(C)OC1CC(O)CC(C(=O)O)O1. The van der Waals surface area contributed by atoms with E-state index in [0.717, 1.165) is 0 Å². The van der Waals surface area contributed by atoms with E-state index in [0.29, 0.717) is 6.42 Å². The molecule has 0 radical (unpaired) electrons. The van der Waals surface area contributed by atoms with Gasteiger partial charge in [-0.2, -0.15) is 0 Å². The Kier molecular flexibility index (Phi) is 3.86. The van der Waals surface area contributed by atoms with E-state index in [9.17, 15) is 9.90 Å². The summed E-state index contributed by atoms with van der Waals surface area (Å²) in [7, 11) is 0. The Morgan fingerprint density at radius 2 is 2.14 bits per heavy atom. The number of aliphatic hydroxyl groups is 1. The topological polar surface area (TPSA) is 76.0 Å². The molecule has 0 amide bonds. The molecule has 0 bridgehead atoms. The number of carboxylic acids is 1. The fourth-order valence-electron chi connectivity index (χ4n) is 1.41. The summed E-state index contributed by atoms with van der Waals surface area (Å²) in [5.74, 6) is -1.05. The number of carboxylic acid groups (broad SMARTS) is 1. The number of rotatable bonds is 3. The van der Waals surface area contributed by atoms with Gasteiger partial charge in [0.1, 0.15) is 0 Å². The Bertz CT molecular complexity index is 201. The Morgan fingerprint density at radius 3 is 2.64 bits per heavy atom. The number of hydrogen-bond acceptors (Lipinski definition) is 4. The van der Waals surface area contributed by atoms with Gasteiger partial charge in [0.15, 0.2) is 12.4 Å². The van der Waals surface area contributed by atoms with E-state index >= 15 is 0 Å². The fraction of sp³-hybridized carbons (Fsp3) is 0.889. The van der Waals surface area contributed by atoms with Gasteiger partial charge in [-0.05, 0) is 13.8 Å². The standard InChI is InChI=1S/C9H16O5/c1-5(2)13-8-4-6(10)3-7(14-8)9(11)12/h5-8,10H,3-4H2,1-2H3,(H,11,12). The monoisotopic (exact) mass is 204 g/mol. The van der Waals surface area contributed by atoms with Crippen molar-refractivity contribution < 1.29 is 24.5 Å². The molecule has 1 aliphatic rings. The minimum Gasteiger partial charge on any atom is -0.479 e. The zero-order valence-electron chi connectivity index (χ0n) is 8.34. The first-order valence-corrected chi connectivity index (χ1v) is 4.71. The van der Waals surface area contributed by atoms with E-state index in [-0.39, 0.29) is 12.5 Å². The van der Waals surface area contributed by atoms with Crippen molar-refractivity contribution in [3.05, 3.63) is 0 Å². The second kappa shape index (κ2) is 4.72. The van der Waals surface area contributed by atoms with Crippen LogP contribution in [0.1, 0.15) is 26.7 Å². The van der Waals surface area contributed by atoms with E-state index in [1.807, 2.05) is 13.8 Å². The summed E-state index contributed by atoms with van der Waals surface area (Å²) < 4.78 is 10.4. The van der Waals surface area contributed by atoms with Crippen LogP contribution in [0.3, 0.4) is 0 Å². The summed E-state index contributed by atoms with van der Waals surface area (Å²) in [6.45, 7) is 3.67. The molecule has 1 heterocycles. The first-order valence-electron chi connectivity index (χ1n) is 4.71. The lowest BCUT2D eigenvalue weighted by molar-refractivity contribution is -0.232. The summed E-state index contributed by atoms with van der Waals surface area (Å²) in [6, 6.07) is 0. The van der Waals surface area contributed by atoms with Crippen molar-refractivity contribution in [1.82, 2.24) is 0 Å². The van der Waals surface area contributed by atoms with E-state index in [1.165, 1.54) is 0 Å². The zero-order chi connectivity index (χ0) is 10.7. The molecular weight excluding hydrogens is 188 g/mol. The van der Waals surface area contributed by atoms with Crippen LogP contribution < -0.4 is 0 Å². The molecule has 1 aliphatic heterocycles. The molecule has 0 aromatic carbocycles. The molecule has 2 N–H and O–H groups in total. The van der Waals surface area contributed by atoms with Crippen LogP contribution >= 0.6 is 0 Å². The highest BCUT2D eigenvalue weighted by Crippen LogP contribution is 2.21. The van der Waals surface area contributed by atoms with Crippen LogP contribution in [0.15, 0.2) is 0 Å². The molecule has 82 valence electrons. The highest BCUT2D eigenvalue weighted by atomic mass is 16.7. The lowest BCUT2D eigenvalue weighted by Crippen LogP contribution is -2.41. The van der Waals surface area contributed by atoms with Crippen molar-refractivity contribution in [1.29, 1.82) is 0 Å². The summed E-state index contributed by atoms with van der Waals surface area (Å²) in [4.78, 5) is 10.6. The number of aliphatic hydroxyl groups excluding tert-OH is 1. The van der Waals surface area contributed by atoms with Crippen molar-refractivity contribution >= 4 is 5.97 Å². The van der Waals surface area contributed by atoms with Crippen LogP contribution in [0.4, 0.5) is 0 Å². The van der Waals surface area contributed by atoms with Crippen molar-refractivity contribution in [2.75, 3.05) is 0 Å². The maximum Gasteiger partial charge on any atom is 0.333 e. The normalized spacial score (nSPS) is 33.3. The Labute approximate surface area is 82.6 Å². The van der Waals surface area contributed by atoms with Crippen molar-refractivity contribution in [3.8, 4) is 0 Å².